The Bertz CT molecular complexity index is 381. The van der Waals surface area contributed by atoms with Gasteiger partial charge in [-0.15, -0.1) is 0 Å². The zero-order valence-electron chi connectivity index (χ0n) is 12.2. The SMILES string of the molecule is CCCNc1cccc(COC2CCCC(C)C2)n1. The lowest BCUT2D eigenvalue weighted by atomic mass is 9.89. The van der Waals surface area contributed by atoms with Crippen LogP contribution in [0.3, 0.4) is 0 Å². The Morgan fingerprint density at radius 2 is 2.26 bits per heavy atom. The summed E-state index contributed by atoms with van der Waals surface area (Å²) < 4.78 is 6.01. The average Bonchev–Trinajstić information content (AvgIpc) is 2.43. The predicted molar refractivity (Wildman–Crippen MR) is 79.2 cm³/mol. The van der Waals surface area contributed by atoms with Crippen molar-refractivity contribution in [3.05, 3.63) is 23.9 Å². The van der Waals surface area contributed by atoms with Crippen molar-refractivity contribution >= 4 is 5.82 Å². The van der Waals surface area contributed by atoms with Crippen molar-refractivity contribution in [2.24, 2.45) is 5.92 Å². The topological polar surface area (TPSA) is 34.1 Å². The summed E-state index contributed by atoms with van der Waals surface area (Å²) >= 11 is 0. The van der Waals surface area contributed by atoms with E-state index in [1.807, 2.05) is 18.2 Å². The molecule has 1 aromatic heterocycles. The molecule has 1 aliphatic rings. The van der Waals surface area contributed by atoms with Gasteiger partial charge in [0.25, 0.3) is 0 Å². The molecule has 0 saturated heterocycles. The first-order valence-electron chi connectivity index (χ1n) is 7.59. The Labute approximate surface area is 116 Å². The molecule has 0 amide bonds. The third kappa shape index (κ3) is 4.83. The van der Waals surface area contributed by atoms with Gasteiger partial charge in [0.05, 0.1) is 18.4 Å². The fraction of sp³-hybridized carbons (Fsp3) is 0.688. The van der Waals surface area contributed by atoms with E-state index in [0.717, 1.165) is 30.4 Å². The molecule has 3 heteroatoms. The molecule has 3 nitrogen and oxygen atoms in total. The Kier molecular flexibility index (Phi) is 5.64. The highest BCUT2D eigenvalue weighted by Gasteiger charge is 2.19. The van der Waals surface area contributed by atoms with Gasteiger partial charge in [-0.1, -0.05) is 32.8 Å². The number of ether oxygens (including phenoxy) is 1. The molecular formula is C16H26N2O. The first-order chi connectivity index (χ1) is 9.28. The summed E-state index contributed by atoms with van der Waals surface area (Å²) in [7, 11) is 0. The van der Waals surface area contributed by atoms with Gasteiger partial charge in [0.1, 0.15) is 5.82 Å². The highest BCUT2D eigenvalue weighted by Crippen LogP contribution is 2.26. The number of hydrogen-bond acceptors (Lipinski definition) is 3. The Morgan fingerprint density at radius 1 is 1.37 bits per heavy atom. The van der Waals surface area contributed by atoms with Crippen molar-refractivity contribution in [1.82, 2.24) is 4.98 Å². The van der Waals surface area contributed by atoms with Crippen molar-refractivity contribution in [1.29, 1.82) is 0 Å². The molecule has 106 valence electrons. The zero-order valence-corrected chi connectivity index (χ0v) is 12.2. The molecule has 1 N–H and O–H groups in total. The van der Waals surface area contributed by atoms with E-state index in [1.54, 1.807) is 0 Å². The number of anilines is 1. The number of aromatic nitrogens is 1. The molecule has 0 bridgehead atoms. The van der Waals surface area contributed by atoms with Gasteiger partial charge >= 0.3 is 0 Å². The Balaban J connectivity index is 1.81. The first kappa shape index (κ1) is 14.3. The molecule has 0 spiro atoms. The molecular weight excluding hydrogens is 236 g/mol. The lowest BCUT2D eigenvalue weighted by molar-refractivity contribution is 0.00325. The van der Waals surface area contributed by atoms with Gasteiger partial charge in [-0.25, -0.2) is 4.98 Å². The molecule has 1 aliphatic carbocycles. The van der Waals surface area contributed by atoms with E-state index in [9.17, 15) is 0 Å². The van der Waals surface area contributed by atoms with E-state index < -0.39 is 0 Å². The maximum Gasteiger partial charge on any atom is 0.126 e. The molecule has 0 radical (unpaired) electrons. The zero-order chi connectivity index (χ0) is 13.5. The summed E-state index contributed by atoms with van der Waals surface area (Å²) in [6.07, 6.45) is 6.61. The van der Waals surface area contributed by atoms with Gasteiger partial charge in [0.2, 0.25) is 0 Å². The largest absolute Gasteiger partial charge is 0.372 e. The second-order valence-corrected chi connectivity index (χ2v) is 5.65. The molecule has 2 atom stereocenters. The van der Waals surface area contributed by atoms with Crippen LogP contribution in [0.4, 0.5) is 5.82 Å². The molecule has 1 fully saturated rings. The molecule has 19 heavy (non-hydrogen) atoms. The molecule has 0 aromatic carbocycles. The van der Waals surface area contributed by atoms with E-state index in [1.165, 1.54) is 25.7 Å². The van der Waals surface area contributed by atoms with Gasteiger partial charge < -0.3 is 10.1 Å². The molecule has 2 unspecified atom stereocenters. The molecule has 0 aliphatic heterocycles. The number of hydrogen-bond donors (Lipinski definition) is 1. The first-order valence-corrected chi connectivity index (χ1v) is 7.59. The Morgan fingerprint density at radius 3 is 3.05 bits per heavy atom. The maximum atomic E-state index is 6.01. The third-order valence-electron chi connectivity index (χ3n) is 3.72. The summed E-state index contributed by atoms with van der Waals surface area (Å²) in [5.74, 6) is 1.77. The summed E-state index contributed by atoms with van der Waals surface area (Å²) in [6.45, 7) is 6.09. The Hall–Kier alpha value is -1.09. The minimum atomic E-state index is 0.429. The van der Waals surface area contributed by atoms with Crippen LogP contribution in [0.2, 0.25) is 0 Å². The van der Waals surface area contributed by atoms with Crippen LogP contribution in [0, 0.1) is 5.92 Å². The van der Waals surface area contributed by atoms with Crippen LogP contribution in [0.25, 0.3) is 0 Å². The van der Waals surface area contributed by atoms with Gasteiger partial charge in [-0.05, 0) is 37.3 Å². The van der Waals surface area contributed by atoms with E-state index >= 15 is 0 Å². The van der Waals surface area contributed by atoms with Crippen molar-refractivity contribution in [2.75, 3.05) is 11.9 Å². The van der Waals surface area contributed by atoms with Gasteiger partial charge in [0, 0.05) is 6.54 Å². The predicted octanol–water partition coefficient (Wildman–Crippen LogP) is 4.00. The molecule has 1 aromatic rings. The van der Waals surface area contributed by atoms with Crippen molar-refractivity contribution in [3.63, 3.8) is 0 Å². The van der Waals surface area contributed by atoms with E-state index in [0.29, 0.717) is 12.7 Å². The van der Waals surface area contributed by atoms with E-state index in [-0.39, 0.29) is 0 Å². The molecule has 1 saturated carbocycles. The fourth-order valence-corrected chi connectivity index (χ4v) is 2.64. The number of nitrogens with one attached hydrogen (secondary N) is 1. The minimum Gasteiger partial charge on any atom is -0.372 e. The van der Waals surface area contributed by atoms with Crippen molar-refractivity contribution in [2.45, 2.75) is 58.7 Å². The number of nitrogens with zero attached hydrogens (tertiary/aromatic N) is 1. The molecule has 1 heterocycles. The van der Waals surface area contributed by atoms with Crippen molar-refractivity contribution < 1.29 is 4.74 Å². The highest BCUT2D eigenvalue weighted by molar-refractivity contribution is 5.34. The van der Waals surface area contributed by atoms with Crippen LogP contribution in [0.5, 0.6) is 0 Å². The quantitative estimate of drug-likeness (QED) is 0.841. The summed E-state index contributed by atoms with van der Waals surface area (Å²) in [5.41, 5.74) is 1.03. The van der Waals surface area contributed by atoms with Crippen LogP contribution in [0.15, 0.2) is 18.2 Å². The van der Waals surface area contributed by atoms with Crippen LogP contribution in [0.1, 0.15) is 51.6 Å². The number of pyridine rings is 1. The van der Waals surface area contributed by atoms with E-state index in [4.69, 9.17) is 4.74 Å². The smallest absolute Gasteiger partial charge is 0.126 e. The lowest BCUT2D eigenvalue weighted by Gasteiger charge is -2.26. The summed E-state index contributed by atoms with van der Waals surface area (Å²) in [5, 5.41) is 3.31. The second-order valence-electron chi connectivity index (χ2n) is 5.65. The van der Waals surface area contributed by atoms with Crippen molar-refractivity contribution in [3.8, 4) is 0 Å². The van der Waals surface area contributed by atoms with E-state index in [2.05, 4.69) is 24.1 Å². The maximum absolute atomic E-state index is 6.01. The van der Waals surface area contributed by atoms with Crippen LogP contribution in [-0.4, -0.2) is 17.6 Å². The minimum absolute atomic E-state index is 0.429. The monoisotopic (exact) mass is 262 g/mol. The van der Waals surface area contributed by atoms with Gasteiger partial charge in [0.15, 0.2) is 0 Å². The fourth-order valence-electron chi connectivity index (χ4n) is 2.64. The van der Waals surface area contributed by atoms with Crippen LogP contribution < -0.4 is 5.32 Å². The van der Waals surface area contributed by atoms with Crippen LogP contribution in [-0.2, 0) is 11.3 Å². The normalized spacial score (nSPS) is 23.3. The lowest BCUT2D eigenvalue weighted by Crippen LogP contribution is -2.21. The third-order valence-corrected chi connectivity index (χ3v) is 3.72. The van der Waals surface area contributed by atoms with Gasteiger partial charge in [-0.2, -0.15) is 0 Å². The van der Waals surface area contributed by atoms with Crippen LogP contribution >= 0.6 is 0 Å². The number of rotatable bonds is 6. The average molecular weight is 262 g/mol. The molecule has 2 rings (SSSR count). The second kappa shape index (κ2) is 7.49. The summed E-state index contributed by atoms with van der Waals surface area (Å²) in [4.78, 5) is 4.58. The highest BCUT2D eigenvalue weighted by atomic mass is 16.5. The van der Waals surface area contributed by atoms with Gasteiger partial charge in [-0.3, -0.25) is 0 Å². The standard InChI is InChI=1S/C16H26N2O/c1-3-10-17-16-9-5-7-14(18-16)12-19-15-8-4-6-13(2)11-15/h5,7,9,13,15H,3-4,6,8,10-12H2,1-2H3,(H,17,18). The summed E-state index contributed by atoms with van der Waals surface area (Å²) in [6, 6.07) is 6.11.